The van der Waals surface area contributed by atoms with Gasteiger partial charge in [0.1, 0.15) is 0 Å². The number of aromatic nitrogens is 2. The molecule has 0 amide bonds. The van der Waals surface area contributed by atoms with Gasteiger partial charge in [0.2, 0.25) is 10.0 Å². The highest BCUT2D eigenvalue weighted by molar-refractivity contribution is 7.89. The van der Waals surface area contributed by atoms with E-state index in [2.05, 4.69) is 27.6 Å². The van der Waals surface area contributed by atoms with Gasteiger partial charge in [-0.15, -0.1) is 0 Å². The van der Waals surface area contributed by atoms with Crippen molar-refractivity contribution in [3.05, 3.63) is 59.8 Å². The molecule has 0 spiro atoms. The first-order valence-corrected chi connectivity index (χ1v) is 10.2. The fraction of sp³-hybridized carbons (Fsp3) is 0.316. The third kappa shape index (κ3) is 3.95. The summed E-state index contributed by atoms with van der Waals surface area (Å²) in [6.07, 6.45) is 1.81. The molecule has 0 atom stereocenters. The molecule has 3 aromatic rings. The standard InChI is InChI=1S/C19H24N4O2S/c1-3-23(4-2)26(24,25)18-9-6-15(7-10-18)12-20-13-16-5-8-17-14-21-22-19(17)11-16/h5-11,14,20H,3-4,12-13H2,1-2H3,(H,21,22). The molecular formula is C19H24N4O2S. The number of hydrogen-bond donors (Lipinski definition) is 2. The number of fused-ring (bicyclic) bond motifs is 1. The molecule has 0 radical (unpaired) electrons. The summed E-state index contributed by atoms with van der Waals surface area (Å²) in [5.41, 5.74) is 3.24. The minimum absolute atomic E-state index is 0.342. The molecule has 0 aliphatic heterocycles. The van der Waals surface area contributed by atoms with Gasteiger partial charge in [0.05, 0.1) is 16.6 Å². The van der Waals surface area contributed by atoms with Crippen molar-refractivity contribution in [3.8, 4) is 0 Å². The van der Waals surface area contributed by atoms with E-state index in [0.29, 0.717) is 24.5 Å². The van der Waals surface area contributed by atoms with Crippen molar-refractivity contribution in [1.29, 1.82) is 0 Å². The summed E-state index contributed by atoms with van der Waals surface area (Å²) < 4.78 is 26.4. The van der Waals surface area contributed by atoms with Gasteiger partial charge in [-0.2, -0.15) is 9.40 Å². The van der Waals surface area contributed by atoms with Crippen molar-refractivity contribution in [3.63, 3.8) is 0 Å². The van der Waals surface area contributed by atoms with Gasteiger partial charge in [0, 0.05) is 31.6 Å². The lowest BCUT2D eigenvalue weighted by Crippen LogP contribution is -2.30. The van der Waals surface area contributed by atoms with Gasteiger partial charge in [-0.3, -0.25) is 5.10 Å². The van der Waals surface area contributed by atoms with Crippen LogP contribution in [0, 0.1) is 0 Å². The SMILES string of the molecule is CCN(CC)S(=O)(=O)c1ccc(CNCc2ccc3cn[nH]c3c2)cc1. The van der Waals surface area contributed by atoms with E-state index in [0.717, 1.165) is 23.0 Å². The number of nitrogens with zero attached hydrogens (tertiary/aromatic N) is 2. The highest BCUT2D eigenvalue weighted by Gasteiger charge is 2.20. The molecule has 26 heavy (non-hydrogen) atoms. The van der Waals surface area contributed by atoms with Crippen LogP contribution in [0.5, 0.6) is 0 Å². The van der Waals surface area contributed by atoms with Crippen molar-refractivity contribution in [1.82, 2.24) is 19.8 Å². The van der Waals surface area contributed by atoms with E-state index < -0.39 is 10.0 Å². The molecule has 138 valence electrons. The van der Waals surface area contributed by atoms with Crippen molar-refractivity contribution in [2.24, 2.45) is 0 Å². The zero-order valence-corrected chi connectivity index (χ0v) is 15.9. The summed E-state index contributed by atoms with van der Waals surface area (Å²) in [5.74, 6) is 0. The Kier molecular flexibility index (Phi) is 5.70. The first-order valence-electron chi connectivity index (χ1n) is 8.76. The minimum atomic E-state index is -3.39. The van der Waals surface area contributed by atoms with E-state index in [9.17, 15) is 8.42 Å². The van der Waals surface area contributed by atoms with Crippen molar-refractivity contribution in [2.45, 2.75) is 31.8 Å². The highest BCUT2D eigenvalue weighted by atomic mass is 32.2. The maximum absolute atomic E-state index is 12.5. The zero-order chi connectivity index (χ0) is 18.6. The van der Waals surface area contributed by atoms with Crippen molar-refractivity contribution >= 4 is 20.9 Å². The molecule has 0 bridgehead atoms. The smallest absolute Gasteiger partial charge is 0.243 e. The van der Waals surface area contributed by atoms with Crippen LogP contribution in [0.1, 0.15) is 25.0 Å². The number of sulfonamides is 1. The van der Waals surface area contributed by atoms with Crippen LogP contribution in [0.4, 0.5) is 0 Å². The second-order valence-corrected chi connectivity index (χ2v) is 8.07. The molecule has 0 aliphatic rings. The third-order valence-corrected chi connectivity index (χ3v) is 6.50. The second kappa shape index (κ2) is 7.99. The first-order chi connectivity index (χ1) is 12.5. The molecule has 7 heteroatoms. The van der Waals surface area contributed by atoms with Gasteiger partial charge < -0.3 is 5.32 Å². The molecule has 0 unspecified atom stereocenters. The molecule has 1 aromatic heterocycles. The molecule has 1 heterocycles. The number of aromatic amines is 1. The predicted octanol–water partition coefficient (Wildman–Crippen LogP) is 2.88. The monoisotopic (exact) mass is 372 g/mol. The molecule has 2 aromatic carbocycles. The largest absolute Gasteiger partial charge is 0.309 e. The van der Waals surface area contributed by atoms with E-state index in [1.54, 1.807) is 18.3 Å². The fourth-order valence-electron chi connectivity index (χ4n) is 2.94. The summed E-state index contributed by atoms with van der Waals surface area (Å²) in [6.45, 7) is 6.05. The summed E-state index contributed by atoms with van der Waals surface area (Å²) in [7, 11) is -3.39. The van der Waals surface area contributed by atoms with Gasteiger partial charge in [-0.05, 0) is 29.3 Å². The molecule has 0 saturated carbocycles. The Morgan fingerprint density at radius 2 is 1.65 bits per heavy atom. The molecule has 0 aliphatic carbocycles. The maximum Gasteiger partial charge on any atom is 0.243 e. The Balaban J connectivity index is 1.60. The molecule has 3 rings (SSSR count). The number of benzene rings is 2. The Morgan fingerprint density at radius 3 is 2.35 bits per heavy atom. The van der Waals surface area contributed by atoms with E-state index in [4.69, 9.17) is 0 Å². The second-order valence-electron chi connectivity index (χ2n) is 6.13. The summed E-state index contributed by atoms with van der Waals surface area (Å²) in [6, 6.07) is 13.3. The van der Waals surface area contributed by atoms with Gasteiger partial charge in [-0.25, -0.2) is 8.42 Å². The van der Waals surface area contributed by atoms with Crippen LogP contribution in [0.15, 0.2) is 53.6 Å². The average molecular weight is 372 g/mol. The van der Waals surface area contributed by atoms with Crippen LogP contribution in [0.3, 0.4) is 0 Å². The van der Waals surface area contributed by atoms with Crippen molar-refractivity contribution in [2.75, 3.05) is 13.1 Å². The summed E-state index contributed by atoms with van der Waals surface area (Å²) >= 11 is 0. The Bertz CT molecular complexity index is 961. The fourth-order valence-corrected chi connectivity index (χ4v) is 4.40. The molecule has 2 N–H and O–H groups in total. The normalized spacial score (nSPS) is 12.1. The molecule has 0 saturated heterocycles. The van der Waals surface area contributed by atoms with Gasteiger partial charge in [0.15, 0.2) is 0 Å². The third-order valence-electron chi connectivity index (χ3n) is 4.43. The zero-order valence-electron chi connectivity index (χ0n) is 15.1. The molecular weight excluding hydrogens is 348 g/mol. The van der Waals surface area contributed by atoms with Crippen LogP contribution in [-0.2, 0) is 23.1 Å². The van der Waals surface area contributed by atoms with Crippen LogP contribution in [0.25, 0.3) is 10.9 Å². The lowest BCUT2D eigenvalue weighted by Gasteiger charge is -2.18. The Labute approximate surface area is 154 Å². The van der Waals surface area contributed by atoms with Crippen molar-refractivity contribution < 1.29 is 8.42 Å². The highest BCUT2D eigenvalue weighted by Crippen LogP contribution is 2.16. The summed E-state index contributed by atoms with van der Waals surface area (Å²) in [4.78, 5) is 0.342. The average Bonchev–Trinajstić information content (AvgIpc) is 3.11. The maximum atomic E-state index is 12.5. The molecule has 0 fully saturated rings. The van der Waals surface area contributed by atoms with Gasteiger partial charge in [-0.1, -0.05) is 38.1 Å². The first kappa shape index (κ1) is 18.6. The topological polar surface area (TPSA) is 78.1 Å². The Morgan fingerprint density at radius 1 is 1.00 bits per heavy atom. The van der Waals surface area contributed by atoms with E-state index in [-0.39, 0.29) is 0 Å². The van der Waals surface area contributed by atoms with E-state index in [1.807, 2.05) is 32.0 Å². The van der Waals surface area contributed by atoms with Gasteiger partial charge >= 0.3 is 0 Å². The lowest BCUT2D eigenvalue weighted by atomic mass is 10.1. The van der Waals surface area contributed by atoms with Crippen LogP contribution < -0.4 is 5.32 Å². The minimum Gasteiger partial charge on any atom is -0.309 e. The van der Waals surface area contributed by atoms with E-state index in [1.165, 1.54) is 9.87 Å². The number of rotatable bonds is 8. The lowest BCUT2D eigenvalue weighted by molar-refractivity contribution is 0.445. The number of nitrogens with one attached hydrogen (secondary N) is 2. The van der Waals surface area contributed by atoms with Gasteiger partial charge in [0.25, 0.3) is 0 Å². The van der Waals surface area contributed by atoms with Crippen LogP contribution in [0.2, 0.25) is 0 Å². The predicted molar refractivity (Wildman–Crippen MR) is 103 cm³/mol. The van der Waals surface area contributed by atoms with Crippen LogP contribution >= 0.6 is 0 Å². The van der Waals surface area contributed by atoms with Crippen LogP contribution in [-0.4, -0.2) is 36.0 Å². The Hall–Kier alpha value is -2.22. The number of hydrogen-bond acceptors (Lipinski definition) is 4. The summed E-state index contributed by atoms with van der Waals surface area (Å²) in [5, 5.41) is 11.5. The van der Waals surface area contributed by atoms with E-state index >= 15 is 0 Å². The quantitative estimate of drug-likeness (QED) is 0.637. The molecule has 6 nitrogen and oxygen atoms in total. The number of H-pyrrole nitrogens is 1.